The van der Waals surface area contributed by atoms with E-state index in [0.29, 0.717) is 24.0 Å². The lowest BCUT2D eigenvalue weighted by Crippen LogP contribution is -2.53. The molecule has 134 valence electrons. The topological polar surface area (TPSA) is 60.2 Å². The van der Waals surface area contributed by atoms with Crippen molar-refractivity contribution >= 4 is 11.6 Å². The van der Waals surface area contributed by atoms with Gasteiger partial charge in [0.1, 0.15) is 0 Å². The number of halogens is 1. The van der Waals surface area contributed by atoms with Crippen LogP contribution >= 0.6 is 0 Å². The van der Waals surface area contributed by atoms with E-state index in [4.69, 9.17) is 5.73 Å². The minimum atomic E-state index is -1.31. The highest BCUT2D eigenvalue weighted by Crippen LogP contribution is 2.71. The predicted octanol–water partition coefficient (Wildman–Crippen LogP) is 3.34. The molecule has 2 N–H and O–H groups in total. The number of ketones is 2. The van der Waals surface area contributed by atoms with Gasteiger partial charge in [-0.2, -0.15) is 0 Å². The van der Waals surface area contributed by atoms with Gasteiger partial charge in [0.25, 0.3) is 0 Å². The number of fused-ring (bicyclic) bond motifs is 7. The maximum Gasteiger partial charge on any atom is 0.182 e. The Morgan fingerprint density at radius 3 is 2.60 bits per heavy atom. The number of hydrogen-bond donors (Lipinski definition) is 1. The number of rotatable bonds is 0. The Hall–Kier alpha value is -1.45. The van der Waals surface area contributed by atoms with Gasteiger partial charge in [0.15, 0.2) is 17.7 Å². The Morgan fingerprint density at radius 2 is 1.88 bits per heavy atom. The van der Waals surface area contributed by atoms with Crippen molar-refractivity contribution in [3.63, 3.8) is 0 Å². The second-order valence-corrected chi connectivity index (χ2v) is 9.59. The van der Waals surface area contributed by atoms with Gasteiger partial charge in [-0.25, -0.2) is 4.39 Å². The van der Waals surface area contributed by atoms with Gasteiger partial charge in [-0.1, -0.05) is 20.4 Å². The quantitative estimate of drug-likeness (QED) is 0.734. The molecule has 0 aliphatic heterocycles. The Labute approximate surface area is 147 Å². The third-order valence-electron chi connectivity index (χ3n) is 8.71. The van der Waals surface area contributed by atoms with Gasteiger partial charge in [-0.3, -0.25) is 9.59 Å². The zero-order valence-electron chi connectivity index (χ0n) is 15.0. The molecule has 0 spiro atoms. The number of Topliss-reactive ketones (excluding diaryl/α,β-unsaturated/α-hetero) is 2. The molecule has 0 aromatic rings. The van der Waals surface area contributed by atoms with Gasteiger partial charge in [0.05, 0.1) is 5.70 Å². The van der Waals surface area contributed by atoms with Crippen LogP contribution in [-0.2, 0) is 9.59 Å². The van der Waals surface area contributed by atoms with Crippen molar-refractivity contribution in [3.8, 4) is 0 Å². The number of nitrogens with two attached hydrogens (primary N) is 1. The van der Waals surface area contributed by atoms with Crippen LogP contribution in [0.25, 0.3) is 0 Å². The van der Waals surface area contributed by atoms with E-state index >= 15 is 0 Å². The SMILES string of the molecule is C=C1C[C@H]2[C@@H]3C[C@@H](F)C(=O)[C@@]3(C)CC[C@@H]2[C@]2(C)C1=C(N)C(=O)[C@H]1CC12. The fraction of sp³-hybridized carbons (Fsp3) is 0.714. The summed E-state index contributed by atoms with van der Waals surface area (Å²) in [5.74, 6) is 1.12. The van der Waals surface area contributed by atoms with Gasteiger partial charge >= 0.3 is 0 Å². The first-order chi connectivity index (χ1) is 11.7. The highest BCUT2D eigenvalue weighted by molar-refractivity contribution is 6.01. The molecular formula is C21H26FNO2. The molecule has 4 saturated carbocycles. The minimum Gasteiger partial charge on any atom is -0.396 e. The lowest BCUT2D eigenvalue weighted by atomic mass is 9.46. The molecule has 0 heterocycles. The average Bonchev–Trinajstić information content (AvgIpc) is 3.32. The van der Waals surface area contributed by atoms with Crippen LogP contribution in [0.2, 0.25) is 0 Å². The zero-order chi connectivity index (χ0) is 17.9. The summed E-state index contributed by atoms with van der Waals surface area (Å²) in [7, 11) is 0. The number of allylic oxidation sites excluding steroid dienone is 2. The lowest BCUT2D eigenvalue weighted by Gasteiger charge is -2.57. The van der Waals surface area contributed by atoms with Crippen molar-refractivity contribution in [2.45, 2.75) is 52.1 Å². The van der Waals surface area contributed by atoms with E-state index < -0.39 is 11.6 Å². The highest BCUT2D eigenvalue weighted by Gasteiger charge is 2.68. The second-order valence-electron chi connectivity index (χ2n) is 9.59. The fourth-order valence-corrected chi connectivity index (χ4v) is 7.43. The molecular weight excluding hydrogens is 317 g/mol. The number of carbonyl (C=O) groups is 2. The maximum absolute atomic E-state index is 14.3. The molecule has 5 aliphatic rings. The number of hydrogen-bond acceptors (Lipinski definition) is 3. The molecule has 8 atom stereocenters. The average molecular weight is 343 g/mol. The third kappa shape index (κ3) is 1.63. The smallest absolute Gasteiger partial charge is 0.182 e. The van der Waals surface area contributed by atoms with Crippen LogP contribution in [0.5, 0.6) is 0 Å². The Morgan fingerprint density at radius 1 is 1.16 bits per heavy atom. The number of carbonyl (C=O) groups excluding carboxylic acids is 2. The molecule has 3 nitrogen and oxygen atoms in total. The van der Waals surface area contributed by atoms with Crippen molar-refractivity contribution in [1.29, 1.82) is 0 Å². The summed E-state index contributed by atoms with van der Waals surface area (Å²) >= 11 is 0. The van der Waals surface area contributed by atoms with Crippen molar-refractivity contribution in [1.82, 2.24) is 0 Å². The van der Waals surface area contributed by atoms with Gasteiger partial charge < -0.3 is 5.73 Å². The van der Waals surface area contributed by atoms with E-state index in [2.05, 4.69) is 13.5 Å². The standard InChI is InChI=1S/C21H26FNO2/c1-9-6-10-12(4-5-20(2)13(10)8-15(22)19(20)25)21(3)14-7-11(14)18(24)17(23)16(9)21/h10-15H,1,4-8,23H2,2-3H3/t10-,11+,12+,13+,14?,15-,20+,21+/m1/s1. The lowest BCUT2D eigenvalue weighted by molar-refractivity contribution is -0.135. The molecule has 1 unspecified atom stereocenters. The summed E-state index contributed by atoms with van der Waals surface area (Å²) in [6, 6.07) is 0. The highest BCUT2D eigenvalue weighted by atomic mass is 19.1. The van der Waals surface area contributed by atoms with Gasteiger partial charge in [0, 0.05) is 16.7 Å². The molecule has 5 rings (SSSR count). The maximum atomic E-state index is 14.3. The molecule has 4 heteroatoms. The summed E-state index contributed by atoms with van der Waals surface area (Å²) in [6.45, 7) is 8.52. The predicted molar refractivity (Wildman–Crippen MR) is 92.0 cm³/mol. The van der Waals surface area contributed by atoms with Crippen LogP contribution in [0.1, 0.15) is 46.0 Å². The largest absolute Gasteiger partial charge is 0.396 e. The van der Waals surface area contributed by atoms with E-state index in [9.17, 15) is 14.0 Å². The summed E-state index contributed by atoms with van der Waals surface area (Å²) in [4.78, 5) is 24.9. The summed E-state index contributed by atoms with van der Waals surface area (Å²) in [5.41, 5.74) is 8.03. The van der Waals surface area contributed by atoms with Crippen LogP contribution in [0, 0.1) is 40.4 Å². The molecule has 25 heavy (non-hydrogen) atoms. The number of alkyl halides is 1. The summed E-state index contributed by atoms with van der Waals surface area (Å²) in [6.07, 6.45) is 2.41. The molecule has 0 aromatic heterocycles. The molecule has 0 radical (unpaired) electrons. The molecule has 0 bridgehead atoms. The van der Waals surface area contributed by atoms with Crippen LogP contribution in [-0.4, -0.2) is 17.7 Å². The Bertz CT molecular complexity index is 770. The van der Waals surface area contributed by atoms with Gasteiger partial charge in [-0.05, 0) is 66.9 Å². The fourth-order valence-electron chi connectivity index (χ4n) is 7.43. The molecule has 0 amide bonds. The monoisotopic (exact) mass is 343 g/mol. The van der Waals surface area contributed by atoms with E-state index in [1.54, 1.807) is 0 Å². The van der Waals surface area contributed by atoms with Crippen LogP contribution in [0.3, 0.4) is 0 Å². The summed E-state index contributed by atoms with van der Waals surface area (Å²) < 4.78 is 14.3. The third-order valence-corrected chi connectivity index (χ3v) is 8.71. The zero-order valence-corrected chi connectivity index (χ0v) is 15.0. The normalized spacial score (nSPS) is 54.0. The summed E-state index contributed by atoms with van der Waals surface area (Å²) in [5, 5.41) is 0. The van der Waals surface area contributed by atoms with Crippen molar-refractivity contribution in [2.75, 3.05) is 0 Å². The van der Waals surface area contributed by atoms with Crippen LogP contribution in [0.4, 0.5) is 4.39 Å². The minimum absolute atomic E-state index is 0.0766. The van der Waals surface area contributed by atoms with Crippen LogP contribution < -0.4 is 5.73 Å². The van der Waals surface area contributed by atoms with E-state index in [1.807, 2.05) is 6.92 Å². The first-order valence-corrected chi connectivity index (χ1v) is 9.62. The Kier molecular flexibility index (Phi) is 2.80. The van der Waals surface area contributed by atoms with E-state index in [0.717, 1.165) is 36.8 Å². The van der Waals surface area contributed by atoms with E-state index in [-0.39, 0.29) is 34.7 Å². The van der Waals surface area contributed by atoms with Gasteiger partial charge in [0.2, 0.25) is 0 Å². The molecule has 4 fully saturated rings. The molecule has 5 aliphatic carbocycles. The first kappa shape index (κ1) is 15.8. The van der Waals surface area contributed by atoms with Crippen LogP contribution in [0.15, 0.2) is 23.4 Å². The van der Waals surface area contributed by atoms with Crippen molar-refractivity contribution in [2.24, 2.45) is 46.2 Å². The van der Waals surface area contributed by atoms with Crippen molar-refractivity contribution in [3.05, 3.63) is 23.4 Å². The second kappa shape index (κ2) is 4.44. The first-order valence-electron chi connectivity index (χ1n) is 9.62. The van der Waals surface area contributed by atoms with Gasteiger partial charge in [-0.15, -0.1) is 0 Å². The molecule has 0 saturated heterocycles. The Balaban J connectivity index is 1.62. The molecule has 0 aromatic carbocycles. The van der Waals surface area contributed by atoms with Crippen molar-refractivity contribution < 1.29 is 14.0 Å². The van der Waals surface area contributed by atoms with E-state index in [1.165, 1.54) is 0 Å².